The van der Waals surface area contributed by atoms with Crippen molar-refractivity contribution < 1.29 is 32.9 Å². The number of carbonyl (C=O) groups excluding carboxylic acids is 1. The molecule has 0 saturated carbocycles. The molecular formula is C25H27FN2O6. The monoisotopic (exact) mass is 470 g/mol. The van der Waals surface area contributed by atoms with Crippen molar-refractivity contribution in [3.8, 4) is 17.4 Å². The summed E-state index contributed by atoms with van der Waals surface area (Å²) in [5, 5.41) is 13.1. The Bertz CT molecular complexity index is 1070. The summed E-state index contributed by atoms with van der Waals surface area (Å²) in [6, 6.07) is 14.4. The lowest BCUT2D eigenvalue weighted by Crippen LogP contribution is -2.35. The van der Waals surface area contributed by atoms with Gasteiger partial charge >= 0.3 is 6.09 Å². The normalized spacial score (nSPS) is 16.7. The van der Waals surface area contributed by atoms with Crippen molar-refractivity contribution in [1.82, 2.24) is 4.90 Å². The second kappa shape index (κ2) is 11.0. The molecule has 1 aromatic heterocycles. The molecule has 0 spiro atoms. The number of carbonyl (C=O) groups is 1. The molecule has 0 aliphatic carbocycles. The number of hydrogen-bond acceptors (Lipinski definition) is 7. The van der Waals surface area contributed by atoms with E-state index in [0.717, 1.165) is 18.5 Å². The van der Waals surface area contributed by atoms with E-state index in [1.54, 1.807) is 30.3 Å². The minimum atomic E-state index is -0.743. The third-order valence-corrected chi connectivity index (χ3v) is 5.31. The standard InChI is InChI=1S/C25H27FN2O6/c1-17-4-9-22(27-25(30)34-24-3-2-12-31-24)23(13-17)32-16-19(29)14-28-11-10-21(15-28)33-20-7-5-18(26)6-8-20/h2-9,12-13,19,21,29H,10-11,14-16H2,1H3,(H,27,30). The number of amides is 1. The van der Waals surface area contributed by atoms with Crippen LogP contribution in [0.2, 0.25) is 0 Å². The molecule has 1 amide bonds. The van der Waals surface area contributed by atoms with Crippen LogP contribution < -0.4 is 19.5 Å². The molecule has 2 heterocycles. The van der Waals surface area contributed by atoms with E-state index < -0.39 is 12.2 Å². The van der Waals surface area contributed by atoms with Gasteiger partial charge in [-0.05, 0) is 61.4 Å². The molecule has 180 valence electrons. The van der Waals surface area contributed by atoms with Crippen LogP contribution in [0.4, 0.5) is 14.9 Å². The Labute approximate surface area is 196 Å². The molecule has 2 N–H and O–H groups in total. The quantitative estimate of drug-likeness (QED) is 0.483. The van der Waals surface area contributed by atoms with Crippen molar-refractivity contribution in [2.24, 2.45) is 0 Å². The Hall–Kier alpha value is -3.56. The van der Waals surface area contributed by atoms with E-state index in [-0.39, 0.29) is 24.5 Å². The van der Waals surface area contributed by atoms with E-state index >= 15 is 0 Å². The summed E-state index contributed by atoms with van der Waals surface area (Å²) in [5.74, 6) is 0.830. The molecule has 2 aromatic carbocycles. The van der Waals surface area contributed by atoms with Gasteiger partial charge in [0.15, 0.2) is 0 Å². The second-order valence-electron chi connectivity index (χ2n) is 8.15. The smallest absolute Gasteiger partial charge is 0.419 e. The van der Waals surface area contributed by atoms with Crippen LogP contribution in [0.1, 0.15) is 12.0 Å². The molecule has 1 fully saturated rings. The van der Waals surface area contributed by atoms with Crippen LogP contribution in [-0.4, -0.2) is 54.5 Å². The number of rotatable bonds is 9. The van der Waals surface area contributed by atoms with Crippen LogP contribution in [0.3, 0.4) is 0 Å². The number of aliphatic hydroxyl groups excluding tert-OH is 1. The zero-order valence-electron chi connectivity index (χ0n) is 18.8. The lowest BCUT2D eigenvalue weighted by atomic mass is 10.2. The third kappa shape index (κ3) is 6.72. The second-order valence-corrected chi connectivity index (χ2v) is 8.15. The summed E-state index contributed by atoms with van der Waals surface area (Å²) in [5.41, 5.74) is 1.36. The molecule has 0 radical (unpaired) electrons. The molecule has 1 aliphatic heterocycles. The highest BCUT2D eigenvalue weighted by molar-refractivity contribution is 5.88. The van der Waals surface area contributed by atoms with E-state index in [1.807, 2.05) is 13.0 Å². The average Bonchev–Trinajstić information content (AvgIpc) is 3.47. The van der Waals surface area contributed by atoms with E-state index in [2.05, 4.69) is 10.2 Å². The van der Waals surface area contributed by atoms with Crippen LogP contribution in [0, 0.1) is 12.7 Å². The summed E-state index contributed by atoms with van der Waals surface area (Å²) in [4.78, 5) is 14.2. The van der Waals surface area contributed by atoms with Gasteiger partial charge < -0.3 is 23.7 Å². The number of aryl methyl sites for hydroxylation is 1. The maximum absolute atomic E-state index is 13.1. The first-order valence-corrected chi connectivity index (χ1v) is 11.0. The summed E-state index contributed by atoms with van der Waals surface area (Å²) in [7, 11) is 0. The van der Waals surface area contributed by atoms with Crippen molar-refractivity contribution >= 4 is 11.8 Å². The molecule has 34 heavy (non-hydrogen) atoms. The summed E-state index contributed by atoms with van der Waals surface area (Å²) in [6.45, 7) is 3.80. The van der Waals surface area contributed by atoms with Crippen molar-refractivity contribution in [1.29, 1.82) is 0 Å². The number of anilines is 1. The first-order valence-electron chi connectivity index (χ1n) is 11.0. The number of β-amino-alcohol motifs (C(OH)–C–C–N with tert-alkyl or cyclic N) is 1. The van der Waals surface area contributed by atoms with Crippen LogP contribution in [-0.2, 0) is 0 Å². The predicted molar refractivity (Wildman–Crippen MR) is 123 cm³/mol. The Balaban J connectivity index is 1.25. The van der Waals surface area contributed by atoms with Crippen LogP contribution in [0.5, 0.6) is 17.4 Å². The molecule has 2 atom stereocenters. The largest absolute Gasteiger partial charge is 0.489 e. The maximum atomic E-state index is 13.1. The molecule has 2 unspecified atom stereocenters. The number of furan rings is 1. The van der Waals surface area contributed by atoms with Crippen molar-refractivity contribution in [2.45, 2.75) is 25.6 Å². The van der Waals surface area contributed by atoms with Crippen molar-refractivity contribution in [3.63, 3.8) is 0 Å². The molecule has 1 saturated heterocycles. The molecular weight excluding hydrogens is 443 g/mol. The van der Waals surface area contributed by atoms with Gasteiger partial charge in [-0.2, -0.15) is 0 Å². The highest BCUT2D eigenvalue weighted by atomic mass is 19.1. The fourth-order valence-corrected chi connectivity index (χ4v) is 3.70. The van der Waals surface area contributed by atoms with E-state index in [4.69, 9.17) is 18.6 Å². The van der Waals surface area contributed by atoms with E-state index in [0.29, 0.717) is 30.3 Å². The lowest BCUT2D eigenvalue weighted by Gasteiger charge is -2.21. The Morgan fingerprint density at radius 2 is 2.09 bits per heavy atom. The van der Waals surface area contributed by atoms with E-state index in [1.165, 1.54) is 24.5 Å². The van der Waals surface area contributed by atoms with Crippen LogP contribution >= 0.6 is 0 Å². The summed E-state index contributed by atoms with van der Waals surface area (Å²) >= 11 is 0. The molecule has 8 nitrogen and oxygen atoms in total. The van der Waals surface area contributed by atoms with Gasteiger partial charge in [-0.25, -0.2) is 9.18 Å². The highest BCUT2D eigenvalue weighted by Crippen LogP contribution is 2.27. The number of nitrogens with one attached hydrogen (secondary N) is 1. The number of halogens is 1. The Morgan fingerprint density at radius 1 is 1.26 bits per heavy atom. The Morgan fingerprint density at radius 3 is 2.85 bits per heavy atom. The number of ether oxygens (including phenoxy) is 3. The van der Waals surface area contributed by atoms with Gasteiger partial charge in [0.05, 0.1) is 12.0 Å². The van der Waals surface area contributed by atoms with Gasteiger partial charge in [0.25, 0.3) is 5.95 Å². The van der Waals surface area contributed by atoms with Gasteiger partial charge in [0.2, 0.25) is 0 Å². The highest BCUT2D eigenvalue weighted by Gasteiger charge is 2.26. The third-order valence-electron chi connectivity index (χ3n) is 5.31. The average molecular weight is 470 g/mol. The molecule has 1 aliphatic rings. The zero-order valence-corrected chi connectivity index (χ0v) is 18.8. The van der Waals surface area contributed by atoms with Crippen LogP contribution in [0.25, 0.3) is 0 Å². The molecule has 3 aromatic rings. The zero-order chi connectivity index (χ0) is 23.9. The van der Waals surface area contributed by atoms with Gasteiger partial charge in [-0.1, -0.05) is 6.07 Å². The number of aliphatic hydroxyl groups is 1. The summed E-state index contributed by atoms with van der Waals surface area (Å²) in [6.07, 6.45) is 0.740. The first-order chi connectivity index (χ1) is 16.4. The van der Waals surface area contributed by atoms with Crippen molar-refractivity contribution in [3.05, 3.63) is 72.2 Å². The number of likely N-dealkylation sites (tertiary alicyclic amines) is 1. The number of hydrogen-bond donors (Lipinski definition) is 2. The fourth-order valence-electron chi connectivity index (χ4n) is 3.70. The minimum absolute atomic E-state index is 0.0219. The Kier molecular flexibility index (Phi) is 7.66. The molecule has 4 rings (SSSR count). The molecule has 0 bridgehead atoms. The number of benzene rings is 2. The first kappa shape index (κ1) is 23.6. The minimum Gasteiger partial charge on any atom is -0.489 e. The fraction of sp³-hybridized carbons (Fsp3) is 0.320. The predicted octanol–water partition coefficient (Wildman–Crippen LogP) is 4.23. The van der Waals surface area contributed by atoms with Gasteiger partial charge in [0.1, 0.15) is 36.1 Å². The topological polar surface area (TPSA) is 93.4 Å². The summed E-state index contributed by atoms with van der Waals surface area (Å²) < 4.78 is 34.8. The van der Waals surface area contributed by atoms with Gasteiger partial charge in [-0.15, -0.1) is 0 Å². The maximum Gasteiger partial charge on any atom is 0.419 e. The van der Waals surface area contributed by atoms with E-state index in [9.17, 15) is 14.3 Å². The van der Waals surface area contributed by atoms with Crippen molar-refractivity contribution in [2.75, 3.05) is 31.6 Å². The number of nitrogens with zero attached hydrogens (tertiary/aromatic N) is 1. The van der Waals surface area contributed by atoms with Gasteiger partial charge in [0, 0.05) is 25.7 Å². The van der Waals surface area contributed by atoms with Crippen LogP contribution in [0.15, 0.2) is 65.3 Å². The lowest BCUT2D eigenvalue weighted by molar-refractivity contribution is 0.0722. The SMILES string of the molecule is Cc1ccc(NC(=O)Oc2ccco2)c(OCC(O)CN2CCC(Oc3ccc(F)cc3)C2)c1. The van der Waals surface area contributed by atoms with Gasteiger partial charge in [-0.3, -0.25) is 10.2 Å². The molecule has 9 heteroatoms.